The molecule has 120 valence electrons. The topological polar surface area (TPSA) is 20.2 Å². The summed E-state index contributed by atoms with van der Waals surface area (Å²) in [5.74, 6) is 0.515. The lowest BCUT2D eigenvalue weighted by molar-refractivity contribution is 0.395. The van der Waals surface area contributed by atoms with Crippen molar-refractivity contribution in [3.8, 4) is 5.75 Å². The molecule has 1 aromatic rings. The van der Waals surface area contributed by atoms with Gasteiger partial charge in [-0.2, -0.15) is 0 Å². The molecule has 0 aliphatic carbocycles. The molecule has 1 N–H and O–H groups in total. The first-order valence-corrected chi connectivity index (χ1v) is 8.50. The van der Waals surface area contributed by atoms with E-state index in [-0.39, 0.29) is 10.8 Å². The molecule has 0 spiro atoms. The minimum absolute atomic E-state index is 0.0243. The molecule has 1 rings (SSSR count). The Morgan fingerprint density at radius 2 is 1.48 bits per heavy atom. The van der Waals surface area contributed by atoms with Crippen molar-refractivity contribution in [2.45, 2.75) is 91.4 Å². The quantitative estimate of drug-likeness (QED) is 0.627. The van der Waals surface area contributed by atoms with Gasteiger partial charge in [-0.1, -0.05) is 79.9 Å². The van der Waals surface area contributed by atoms with E-state index in [4.69, 9.17) is 0 Å². The number of hydrogen-bond donors (Lipinski definition) is 1. The highest BCUT2D eigenvalue weighted by Gasteiger charge is 2.28. The zero-order valence-electron chi connectivity index (χ0n) is 15.1. The van der Waals surface area contributed by atoms with Crippen molar-refractivity contribution >= 4 is 0 Å². The van der Waals surface area contributed by atoms with Gasteiger partial charge in [0.25, 0.3) is 0 Å². The van der Waals surface area contributed by atoms with Gasteiger partial charge in [0.05, 0.1) is 0 Å². The summed E-state index contributed by atoms with van der Waals surface area (Å²) >= 11 is 0. The van der Waals surface area contributed by atoms with Gasteiger partial charge in [0, 0.05) is 5.56 Å². The molecule has 0 saturated heterocycles. The second-order valence-electron chi connectivity index (χ2n) is 7.98. The van der Waals surface area contributed by atoms with Gasteiger partial charge in [0.15, 0.2) is 0 Å². The van der Waals surface area contributed by atoms with E-state index in [1.165, 1.54) is 24.8 Å². The molecule has 0 radical (unpaired) electrons. The van der Waals surface area contributed by atoms with E-state index in [0.29, 0.717) is 5.75 Å². The largest absolute Gasteiger partial charge is 0.507 e. The molecule has 0 aliphatic rings. The van der Waals surface area contributed by atoms with Crippen LogP contribution in [0.5, 0.6) is 5.75 Å². The van der Waals surface area contributed by atoms with Crippen LogP contribution >= 0.6 is 0 Å². The van der Waals surface area contributed by atoms with Crippen LogP contribution in [0.15, 0.2) is 12.1 Å². The summed E-state index contributed by atoms with van der Waals surface area (Å²) in [6.07, 6.45) is 5.88. The molecule has 1 heteroatoms. The lowest BCUT2D eigenvalue weighted by Crippen LogP contribution is -2.20. The SMILES string of the molecule is CCCCCC(C)(C)c1cc(CC)cc(C(C)(C)C)c1O. The summed E-state index contributed by atoms with van der Waals surface area (Å²) in [5, 5.41) is 10.8. The van der Waals surface area contributed by atoms with E-state index in [9.17, 15) is 5.11 Å². The Kier molecular flexibility index (Phi) is 5.90. The Hall–Kier alpha value is -0.980. The van der Waals surface area contributed by atoms with Crippen LogP contribution < -0.4 is 0 Å². The van der Waals surface area contributed by atoms with E-state index in [2.05, 4.69) is 60.6 Å². The highest BCUT2D eigenvalue weighted by atomic mass is 16.3. The van der Waals surface area contributed by atoms with E-state index in [0.717, 1.165) is 24.0 Å². The second-order valence-corrected chi connectivity index (χ2v) is 7.98. The monoisotopic (exact) mass is 290 g/mol. The van der Waals surface area contributed by atoms with Crippen LogP contribution in [-0.2, 0) is 17.3 Å². The number of rotatable bonds is 6. The zero-order chi connectivity index (χ0) is 16.3. The molecule has 1 nitrogen and oxygen atoms in total. The van der Waals surface area contributed by atoms with Crippen molar-refractivity contribution in [2.24, 2.45) is 0 Å². The maximum Gasteiger partial charge on any atom is 0.123 e. The molecule has 0 aliphatic heterocycles. The van der Waals surface area contributed by atoms with Crippen LogP contribution in [0, 0.1) is 0 Å². The molecule has 0 atom stereocenters. The molecule has 0 fully saturated rings. The molecule has 0 bridgehead atoms. The number of aryl methyl sites for hydroxylation is 1. The Bertz CT molecular complexity index is 463. The fraction of sp³-hybridized carbons (Fsp3) is 0.700. The highest BCUT2D eigenvalue weighted by Crippen LogP contribution is 2.42. The lowest BCUT2D eigenvalue weighted by atomic mass is 9.75. The van der Waals surface area contributed by atoms with Crippen molar-refractivity contribution in [1.29, 1.82) is 0 Å². The average molecular weight is 290 g/mol. The number of hydrogen-bond acceptors (Lipinski definition) is 1. The second kappa shape index (κ2) is 6.85. The lowest BCUT2D eigenvalue weighted by Gasteiger charge is -2.31. The standard InChI is InChI=1S/C20H34O/c1-8-10-11-12-20(6,7)17-14-15(9-2)13-16(18(17)21)19(3,4)5/h13-14,21H,8-12H2,1-7H3. The number of phenolic OH excluding ortho intramolecular Hbond substituents is 1. The van der Waals surface area contributed by atoms with Gasteiger partial charge in [0.2, 0.25) is 0 Å². The van der Waals surface area contributed by atoms with Crippen LogP contribution in [0.4, 0.5) is 0 Å². The van der Waals surface area contributed by atoms with Crippen molar-refractivity contribution in [3.05, 3.63) is 28.8 Å². The summed E-state index contributed by atoms with van der Waals surface area (Å²) in [6.45, 7) is 15.5. The van der Waals surface area contributed by atoms with E-state index < -0.39 is 0 Å². The van der Waals surface area contributed by atoms with Gasteiger partial charge >= 0.3 is 0 Å². The van der Waals surface area contributed by atoms with E-state index in [1.807, 2.05) is 0 Å². The molecule has 0 aromatic heterocycles. The summed E-state index contributed by atoms with van der Waals surface area (Å²) in [6, 6.07) is 4.40. The van der Waals surface area contributed by atoms with Crippen molar-refractivity contribution in [2.75, 3.05) is 0 Å². The Morgan fingerprint density at radius 3 is 1.95 bits per heavy atom. The fourth-order valence-electron chi connectivity index (χ4n) is 2.94. The minimum Gasteiger partial charge on any atom is -0.507 e. The van der Waals surface area contributed by atoms with Crippen LogP contribution in [0.3, 0.4) is 0 Å². The Labute approximate surface area is 131 Å². The third kappa shape index (κ3) is 4.49. The van der Waals surface area contributed by atoms with Crippen LogP contribution in [0.1, 0.15) is 90.8 Å². The fourth-order valence-corrected chi connectivity index (χ4v) is 2.94. The molecule has 21 heavy (non-hydrogen) atoms. The summed E-state index contributed by atoms with van der Waals surface area (Å²) in [5.41, 5.74) is 3.55. The third-order valence-electron chi connectivity index (χ3n) is 4.52. The van der Waals surface area contributed by atoms with Gasteiger partial charge in [-0.25, -0.2) is 0 Å². The van der Waals surface area contributed by atoms with E-state index in [1.54, 1.807) is 0 Å². The van der Waals surface area contributed by atoms with Crippen LogP contribution in [0.2, 0.25) is 0 Å². The van der Waals surface area contributed by atoms with Gasteiger partial charge in [-0.15, -0.1) is 0 Å². The van der Waals surface area contributed by atoms with E-state index >= 15 is 0 Å². The molecular formula is C20H34O. The first kappa shape index (κ1) is 18.1. The summed E-state index contributed by atoms with van der Waals surface area (Å²) in [4.78, 5) is 0. The average Bonchev–Trinajstić information content (AvgIpc) is 2.37. The summed E-state index contributed by atoms with van der Waals surface area (Å²) < 4.78 is 0. The number of aromatic hydroxyl groups is 1. The first-order chi connectivity index (χ1) is 9.63. The van der Waals surface area contributed by atoms with Gasteiger partial charge in [0.1, 0.15) is 5.75 Å². The predicted octanol–water partition coefficient (Wildman–Crippen LogP) is 6.11. The normalized spacial score (nSPS) is 12.7. The molecule has 0 unspecified atom stereocenters. The third-order valence-corrected chi connectivity index (χ3v) is 4.52. The van der Waals surface area contributed by atoms with Crippen molar-refractivity contribution in [1.82, 2.24) is 0 Å². The Balaban J connectivity index is 3.28. The number of benzene rings is 1. The molecule has 1 aromatic carbocycles. The Morgan fingerprint density at radius 1 is 0.905 bits per heavy atom. The number of unbranched alkanes of at least 4 members (excludes halogenated alkanes) is 2. The zero-order valence-corrected chi connectivity index (χ0v) is 15.1. The predicted molar refractivity (Wildman–Crippen MR) is 93.4 cm³/mol. The van der Waals surface area contributed by atoms with Gasteiger partial charge in [-0.3, -0.25) is 0 Å². The first-order valence-electron chi connectivity index (χ1n) is 8.50. The molecule has 0 amide bonds. The number of phenols is 1. The van der Waals surface area contributed by atoms with Gasteiger partial charge in [-0.05, 0) is 34.8 Å². The smallest absolute Gasteiger partial charge is 0.123 e. The van der Waals surface area contributed by atoms with Gasteiger partial charge < -0.3 is 5.11 Å². The minimum atomic E-state index is -0.0243. The molecular weight excluding hydrogens is 256 g/mol. The maximum absolute atomic E-state index is 10.8. The molecule has 0 saturated carbocycles. The van der Waals surface area contributed by atoms with Crippen molar-refractivity contribution < 1.29 is 5.11 Å². The maximum atomic E-state index is 10.8. The van der Waals surface area contributed by atoms with Crippen LogP contribution in [-0.4, -0.2) is 5.11 Å². The summed E-state index contributed by atoms with van der Waals surface area (Å²) in [7, 11) is 0. The molecule has 0 heterocycles. The van der Waals surface area contributed by atoms with Crippen LogP contribution in [0.25, 0.3) is 0 Å². The van der Waals surface area contributed by atoms with Crippen molar-refractivity contribution in [3.63, 3.8) is 0 Å². The highest BCUT2D eigenvalue weighted by molar-refractivity contribution is 5.50.